The lowest BCUT2D eigenvalue weighted by molar-refractivity contribution is -0.114. The molecule has 0 aromatic carbocycles. The Kier molecular flexibility index (Phi) is 6.97. The molecule has 3 N–H and O–H groups in total. The van der Waals surface area contributed by atoms with Crippen LogP contribution >= 0.6 is 0 Å². The molecule has 0 aliphatic heterocycles. The predicted molar refractivity (Wildman–Crippen MR) is 63.3 cm³/mol. The quantitative estimate of drug-likeness (QED) is 0.478. The Labute approximate surface area is 96.9 Å². The molecule has 0 saturated carbocycles. The number of nitriles is 1. The molecule has 0 atom stereocenters. The average Bonchev–Trinajstić information content (AvgIpc) is 2.25. The van der Waals surface area contributed by atoms with Gasteiger partial charge < -0.3 is 16.0 Å². The van der Waals surface area contributed by atoms with Crippen molar-refractivity contribution in [3.63, 3.8) is 0 Å². The molecule has 0 heterocycles. The number of carbonyl (C=O) groups excluding carboxylic acids is 1. The molecule has 0 bridgehead atoms. The number of nitrogens with zero attached hydrogens (tertiary/aromatic N) is 2. The third-order valence-corrected chi connectivity index (χ3v) is 2.45. The van der Waals surface area contributed by atoms with Gasteiger partial charge in [-0.15, -0.1) is 0 Å². The fourth-order valence-electron chi connectivity index (χ4n) is 1.35. The zero-order valence-corrected chi connectivity index (χ0v) is 10.2. The molecule has 0 aliphatic rings. The van der Waals surface area contributed by atoms with Gasteiger partial charge >= 0.3 is 0 Å². The lowest BCUT2D eigenvalue weighted by Crippen LogP contribution is -2.32. The van der Waals surface area contributed by atoms with Crippen LogP contribution in [0.4, 0.5) is 0 Å². The maximum Gasteiger partial charge on any atom is 0.261 e. The van der Waals surface area contributed by atoms with E-state index in [1.807, 2.05) is 0 Å². The highest BCUT2D eigenvalue weighted by molar-refractivity contribution is 5.96. The summed E-state index contributed by atoms with van der Waals surface area (Å²) in [6, 6.07) is 1.80. The summed E-state index contributed by atoms with van der Waals surface area (Å²) in [6.07, 6.45) is 0. The van der Waals surface area contributed by atoms with Crippen molar-refractivity contribution in [1.82, 2.24) is 10.2 Å². The normalized spacial score (nSPS) is 11.9. The molecular formula is C11H20N4O. The van der Waals surface area contributed by atoms with Crippen LogP contribution in [0.2, 0.25) is 0 Å². The standard InChI is InChI=1S/C11H20N4O/c1-4-15(5-2)7-6-14-9(3)10(8-12)11(13)16/h14H,4-7H2,1-3H3,(H2,13,16)/b10-9+. The van der Waals surface area contributed by atoms with E-state index in [9.17, 15) is 4.79 Å². The summed E-state index contributed by atoms with van der Waals surface area (Å²) >= 11 is 0. The van der Waals surface area contributed by atoms with Gasteiger partial charge in [0, 0.05) is 18.8 Å². The van der Waals surface area contributed by atoms with Gasteiger partial charge in [0.25, 0.3) is 5.91 Å². The second-order valence-electron chi connectivity index (χ2n) is 3.43. The Morgan fingerprint density at radius 3 is 2.38 bits per heavy atom. The molecule has 90 valence electrons. The first-order valence-electron chi connectivity index (χ1n) is 5.43. The zero-order valence-electron chi connectivity index (χ0n) is 10.2. The van der Waals surface area contributed by atoms with Crippen LogP contribution in [-0.2, 0) is 4.79 Å². The number of primary amides is 1. The summed E-state index contributed by atoms with van der Waals surface area (Å²) in [6.45, 7) is 9.43. The Balaban J connectivity index is 4.21. The highest BCUT2D eigenvalue weighted by Gasteiger charge is 2.08. The van der Waals surface area contributed by atoms with E-state index in [2.05, 4.69) is 24.1 Å². The van der Waals surface area contributed by atoms with E-state index in [1.165, 1.54) is 0 Å². The molecule has 16 heavy (non-hydrogen) atoms. The van der Waals surface area contributed by atoms with Gasteiger partial charge in [-0.3, -0.25) is 4.79 Å². The highest BCUT2D eigenvalue weighted by atomic mass is 16.1. The van der Waals surface area contributed by atoms with E-state index in [0.717, 1.165) is 19.6 Å². The SMILES string of the molecule is CCN(CC)CCN/C(C)=C(\C#N)C(N)=O. The lowest BCUT2D eigenvalue weighted by atomic mass is 10.2. The van der Waals surface area contributed by atoms with E-state index in [4.69, 9.17) is 11.0 Å². The number of hydrogen-bond acceptors (Lipinski definition) is 4. The molecule has 0 aliphatic carbocycles. The van der Waals surface area contributed by atoms with Gasteiger partial charge in [0.2, 0.25) is 0 Å². The Hall–Kier alpha value is -1.54. The molecule has 0 radical (unpaired) electrons. The van der Waals surface area contributed by atoms with Gasteiger partial charge in [-0.05, 0) is 20.0 Å². The molecule has 0 aromatic rings. The third kappa shape index (κ3) is 4.80. The van der Waals surface area contributed by atoms with Gasteiger partial charge in [-0.1, -0.05) is 13.8 Å². The third-order valence-electron chi connectivity index (χ3n) is 2.45. The largest absolute Gasteiger partial charge is 0.386 e. The van der Waals surface area contributed by atoms with Crippen LogP contribution in [0.15, 0.2) is 11.3 Å². The van der Waals surface area contributed by atoms with Gasteiger partial charge in [-0.2, -0.15) is 5.26 Å². The molecule has 0 fully saturated rings. The average molecular weight is 224 g/mol. The molecule has 0 rings (SSSR count). The lowest BCUT2D eigenvalue weighted by Gasteiger charge is -2.18. The molecule has 0 aromatic heterocycles. The number of carbonyl (C=O) groups is 1. The van der Waals surface area contributed by atoms with Crippen molar-refractivity contribution in [2.75, 3.05) is 26.2 Å². The van der Waals surface area contributed by atoms with Crippen molar-refractivity contribution in [3.8, 4) is 6.07 Å². The van der Waals surface area contributed by atoms with Crippen molar-refractivity contribution in [2.45, 2.75) is 20.8 Å². The molecule has 0 spiro atoms. The van der Waals surface area contributed by atoms with Gasteiger partial charge in [0.15, 0.2) is 0 Å². The van der Waals surface area contributed by atoms with E-state index in [-0.39, 0.29) is 5.57 Å². The first-order valence-corrected chi connectivity index (χ1v) is 5.43. The summed E-state index contributed by atoms with van der Waals surface area (Å²) in [5.74, 6) is -0.685. The minimum atomic E-state index is -0.685. The van der Waals surface area contributed by atoms with E-state index in [0.29, 0.717) is 12.2 Å². The minimum absolute atomic E-state index is 0.000420. The van der Waals surface area contributed by atoms with Crippen LogP contribution in [0.25, 0.3) is 0 Å². The van der Waals surface area contributed by atoms with Crippen LogP contribution in [-0.4, -0.2) is 37.0 Å². The number of hydrogen-bond donors (Lipinski definition) is 2. The number of rotatable bonds is 7. The van der Waals surface area contributed by atoms with Gasteiger partial charge in [0.1, 0.15) is 11.6 Å². The van der Waals surface area contributed by atoms with Crippen molar-refractivity contribution < 1.29 is 4.79 Å². The van der Waals surface area contributed by atoms with E-state index >= 15 is 0 Å². The Bertz CT molecular complexity index is 300. The number of allylic oxidation sites excluding steroid dienone is 1. The second-order valence-corrected chi connectivity index (χ2v) is 3.43. The van der Waals surface area contributed by atoms with Gasteiger partial charge in [0.05, 0.1) is 0 Å². The second kappa shape index (κ2) is 7.71. The monoisotopic (exact) mass is 224 g/mol. The smallest absolute Gasteiger partial charge is 0.261 e. The minimum Gasteiger partial charge on any atom is -0.386 e. The summed E-state index contributed by atoms with van der Waals surface area (Å²) in [7, 11) is 0. The fourth-order valence-corrected chi connectivity index (χ4v) is 1.35. The molecule has 0 unspecified atom stereocenters. The fraction of sp³-hybridized carbons (Fsp3) is 0.636. The summed E-state index contributed by atoms with van der Waals surface area (Å²) in [5, 5.41) is 11.7. The topological polar surface area (TPSA) is 82.2 Å². The molecule has 1 amide bonds. The van der Waals surface area contributed by atoms with Crippen LogP contribution in [0.5, 0.6) is 0 Å². The van der Waals surface area contributed by atoms with Crippen LogP contribution in [0.3, 0.4) is 0 Å². The number of amides is 1. The van der Waals surface area contributed by atoms with Gasteiger partial charge in [-0.25, -0.2) is 0 Å². The van der Waals surface area contributed by atoms with Crippen molar-refractivity contribution >= 4 is 5.91 Å². The number of nitrogens with one attached hydrogen (secondary N) is 1. The molecule has 0 saturated heterocycles. The van der Waals surface area contributed by atoms with Crippen molar-refractivity contribution in [3.05, 3.63) is 11.3 Å². The number of likely N-dealkylation sites (N-methyl/N-ethyl adjacent to an activating group) is 1. The summed E-state index contributed by atoms with van der Waals surface area (Å²) in [4.78, 5) is 13.1. The van der Waals surface area contributed by atoms with Crippen molar-refractivity contribution in [2.24, 2.45) is 5.73 Å². The zero-order chi connectivity index (χ0) is 12.6. The Morgan fingerprint density at radius 1 is 1.44 bits per heavy atom. The maximum absolute atomic E-state index is 10.9. The summed E-state index contributed by atoms with van der Waals surface area (Å²) in [5.41, 5.74) is 5.61. The van der Waals surface area contributed by atoms with E-state index in [1.54, 1.807) is 13.0 Å². The predicted octanol–water partition coefficient (Wildman–Crippen LogP) is 0.201. The van der Waals surface area contributed by atoms with Crippen LogP contribution < -0.4 is 11.1 Å². The highest BCUT2D eigenvalue weighted by Crippen LogP contribution is 1.98. The molecule has 5 heteroatoms. The molecular weight excluding hydrogens is 204 g/mol. The summed E-state index contributed by atoms with van der Waals surface area (Å²) < 4.78 is 0. The first-order chi connectivity index (χ1) is 7.56. The molecule has 5 nitrogen and oxygen atoms in total. The van der Waals surface area contributed by atoms with E-state index < -0.39 is 5.91 Å². The number of nitrogens with two attached hydrogens (primary N) is 1. The van der Waals surface area contributed by atoms with Crippen molar-refractivity contribution in [1.29, 1.82) is 5.26 Å². The van der Waals surface area contributed by atoms with Crippen LogP contribution in [0.1, 0.15) is 20.8 Å². The first kappa shape index (κ1) is 14.5. The maximum atomic E-state index is 10.9. The Morgan fingerprint density at radius 2 is 2.00 bits per heavy atom. The van der Waals surface area contributed by atoms with Crippen LogP contribution in [0, 0.1) is 11.3 Å².